The number of alkyl halides is 3. The summed E-state index contributed by atoms with van der Waals surface area (Å²) in [4.78, 5) is 0. The Hall–Kier alpha value is -2.70. The zero-order chi connectivity index (χ0) is 16.9. The highest BCUT2D eigenvalue weighted by Crippen LogP contribution is 2.22. The molecule has 2 aromatic carbocycles. The Morgan fingerprint density at radius 3 is 2.22 bits per heavy atom. The molecule has 0 fully saturated rings. The molecule has 2 aromatic rings. The first-order chi connectivity index (χ1) is 10.8. The molecule has 0 aliphatic carbocycles. The van der Waals surface area contributed by atoms with Crippen LogP contribution in [0.1, 0.15) is 16.7 Å². The Balaban J connectivity index is 1.99. The summed E-state index contributed by atoms with van der Waals surface area (Å²) in [5.74, 6) is -0.725. The molecule has 2 rings (SSSR count). The van der Waals surface area contributed by atoms with E-state index < -0.39 is 12.2 Å². The SMILES string of the molecule is Cc1ccc(/C=N/N=C\c2ccc(OC(F)(F)F)cc2)c(F)c1. The molecule has 0 heterocycles. The Labute approximate surface area is 129 Å². The van der Waals surface area contributed by atoms with E-state index in [1.165, 1.54) is 30.6 Å². The molecule has 0 bridgehead atoms. The maximum Gasteiger partial charge on any atom is 0.573 e. The molecule has 0 aliphatic heterocycles. The van der Waals surface area contributed by atoms with Gasteiger partial charge >= 0.3 is 6.36 Å². The van der Waals surface area contributed by atoms with Crippen LogP contribution in [0.2, 0.25) is 0 Å². The van der Waals surface area contributed by atoms with Gasteiger partial charge in [0.15, 0.2) is 0 Å². The van der Waals surface area contributed by atoms with Gasteiger partial charge in [0.25, 0.3) is 0 Å². The molecule has 0 aliphatic rings. The molecule has 0 unspecified atom stereocenters. The second-order valence-electron chi connectivity index (χ2n) is 4.63. The van der Waals surface area contributed by atoms with Crippen molar-refractivity contribution < 1.29 is 22.3 Å². The van der Waals surface area contributed by atoms with Crippen molar-refractivity contribution in [2.45, 2.75) is 13.3 Å². The summed E-state index contributed by atoms with van der Waals surface area (Å²) in [5.41, 5.74) is 1.62. The smallest absolute Gasteiger partial charge is 0.406 e. The van der Waals surface area contributed by atoms with Gasteiger partial charge in [-0.05, 0) is 48.4 Å². The van der Waals surface area contributed by atoms with Crippen LogP contribution in [0.3, 0.4) is 0 Å². The third-order valence-corrected chi connectivity index (χ3v) is 2.74. The predicted molar refractivity (Wildman–Crippen MR) is 79.5 cm³/mol. The Morgan fingerprint density at radius 2 is 1.61 bits per heavy atom. The Bertz CT molecular complexity index is 722. The van der Waals surface area contributed by atoms with Gasteiger partial charge < -0.3 is 4.74 Å². The highest BCUT2D eigenvalue weighted by molar-refractivity contribution is 5.83. The van der Waals surface area contributed by atoms with Crippen LogP contribution in [0, 0.1) is 12.7 Å². The van der Waals surface area contributed by atoms with E-state index in [1.807, 2.05) is 0 Å². The number of hydrogen-bond acceptors (Lipinski definition) is 3. The van der Waals surface area contributed by atoms with Crippen molar-refractivity contribution in [3.63, 3.8) is 0 Å². The summed E-state index contributed by atoms with van der Waals surface area (Å²) >= 11 is 0. The van der Waals surface area contributed by atoms with E-state index in [4.69, 9.17) is 0 Å². The number of nitrogens with zero attached hydrogens (tertiary/aromatic N) is 2. The van der Waals surface area contributed by atoms with Crippen LogP contribution < -0.4 is 4.74 Å². The van der Waals surface area contributed by atoms with E-state index in [0.717, 1.165) is 17.7 Å². The topological polar surface area (TPSA) is 34.0 Å². The zero-order valence-electron chi connectivity index (χ0n) is 12.0. The van der Waals surface area contributed by atoms with E-state index >= 15 is 0 Å². The number of hydrogen-bond donors (Lipinski definition) is 0. The molecule has 0 atom stereocenters. The van der Waals surface area contributed by atoms with Gasteiger partial charge in [-0.25, -0.2) is 4.39 Å². The monoisotopic (exact) mass is 324 g/mol. The largest absolute Gasteiger partial charge is 0.573 e. The van der Waals surface area contributed by atoms with Crippen LogP contribution in [-0.2, 0) is 0 Å². The van der Waals surface area contributed by atoms with Crippen LogP contribution in [0.25, 0.3) is 0 Å². The maximum atomic E-state index is 13.5. The lowest BCUT2D eigenvalue weighted by Gasteiger charge is -2.08. The molecule has 120 valence electrons. The van der Waals surface area contributed by atoms with Gasteiger partial charge in [0.2, 0.25) is 0 Å². The van der Waals surface area contributed by atoms with Crippen LogP contribution in [0.4, 0.5) is 17.6 Å². The maximum absolute atomic E-state index is 13.5. The number of benzene rings is 2. The first-order valence-electron chi connectivity index (χ1n) is 6.52. The van der Waals surface area contributed by atoms with Gasteiger partial charge in [0.1, 0.15) is 11.6 Å². The minimum atomic E-state index is -4.72. The number of halogens is 4. The van der Waals surface area contributed by atoms with Crippen LogP contribution in [0.5, 0.6) is 5.75 Å². The van der Waals surface area contributed by atoms with E-state index in [-0.39, 0.29) is 5.75 Å². The molecule has 0 saturated heterocycles. The van der Waals surface area contributed by atoms with E-state index in [1.54, 1.807) is 19.1 Å². The minimum Gasteiger partial charge on any atom is -0.406 e. The average Bonchev–Trinajstić information content (AvgIpc) is 2.45. The lowest BCUT2D eigenvalue weighted by molar-refractivity contribution is -0.274. The summed E-state index contributed by atoms with van der Waals surface area (Å²) in [7, 11) is 0. The van der Waals surface area contributed by atoms with Crippen molar-refractivity contribution in [2.24, 2.45) is 10.2 Å². The third kappa shape index (κ3) is 5.54. The first kappa shape index (κ1) is 16.7. The zero-order valence-corrected chi connectivity index (χ0v) is 12.0. The second-order valence-corrected chi connectivity index (χ2v) is 4.63. The van der Waals surface area contributed by atoms with Crippen LogP contribution in [-0.4, -0.2) is 18.8 Å². The molecule has 23 heavy (non-hydrogen) atoms. The summed E-state index contributed by atoms with van der Waals surface area (Å²) < 4.78 is 53.3. The molecule has 0 amide bonds. The minimum absolute atomic E-state index is 0.293. The summed E-state index contributed by atoms with van der Waals surface area (Å²) in [6, 6.07) is 9.82. The fourth-order valence-corrected chi connectivity index (χ4v) is 1.69. The molecular formula is C16H12F4N2O. The van der Waals surface area contributed by atoms with E-state index in [2.05, 4.69) is 14.9 Å². The summed E-state index contributed by atoms with van der Waals surface area (Å²) in [6.45, 7) is 1.77. The van der Waals surface area contributed by atoms with Crippen LogP contribution >= 0.6 is 0 Å². The molecule has 7 heteroatoms. The molecule has 0 radical (unpaired) electrons. The third-order valence-electron chi connectivity index (χ3n) is 2.74. The molecule has 0 N–H and O–H groups in total. The fourth-order valence-electron chi connectivity index (χ4n) is 1.69. The van der Waals surface area contributed by atoms with Gasteiger partial charge in [-0.1, -0.05) is 12.1 Å². The molecule has 0 aromatic heterocycles. The Morgan fingerprint density at radius 1 is 0.957 bits per heavy atom. The number of rotatable bonds is 4. The number of aryl methyl sites for hydroxylation is 1. The van der Waals surface area contributed by atoms with Crippen molar-refractivity contribution in [1.29, 1.82) is 0 Å². The number of ether oxygens (including phenoxy) is 1. The van der Waals surface area contributed by atoms with Crippen molar-refractivity contribution in [2.75, 3.05) is 0 Å². The highest BCUT2D eigenvalue weighted by atomic mass is 19.4. The predicted octanol–water partition coefficient (Wildman–Crippen LogP) is 4.49. The summed E-state index contributed by atoms with van der Waals surface area (Å²) in [6.07, 6.45) is -2.13. The summed E-state index contributed by atoms with van der Waals surface area (Å²) in [5, 5.41) is 7.42. The highest BCUT2D eigenvalue weighted by Gasteiger charge is 2.30. The standard InChI is InChI=1S/C16H12F4N2O/c1-11-2-5-13(15(17)8-11)10-22-21-9-12-3-6-14(7-4-12)23-16(18,19)20/h2-10H,1H3/b21-9-,22-10+. The van der Waals surface area contributed by atoms with Gasteiger partial charge in [0.05, 0.1) is 12.4 Å². The van der Waals surface area contributed by atoms with E-state index in [9.17, 15) is 17.6 Å². The molecule has 3 nitrogen and oxygen atoms in total. The Kier molecular flexibility index (Phi) is 5.10. The second kappa shape index (κ2) is 7.04. The molecule has 0 saturated carbocycles. The quantitative estimate of drug-likeness (QED) is 0.464. The van der Waals surface area contributed by atoms with Crippen molar-refractivity contribution in [1.82, 2.24) is 0 Å². The normalized spacial score (nSPS) is 12.2. The van der Waals surface area contributed by atoms with Crippen molar-refractivity contribution >= 4 is 12.4 Å². The van der Waals surface area contributed by atoms with Crippen molar-refractivity contribution in [3.05, 3.63) is 65.0 Å². The first-order valence-corrected chi connectivity index (χ1v) is 6.52. The molecular weight excluding hydrogens is 312 g/mol. The lowest BCUT2D eigenvalue weighted by Crippen LogP contribution is -2.16. The van der Waals surface area contributed by atoms with Gasteiger partial charge in [0, 0.05) is 5.56 Å². The van der Waals surface area contributed by atoms with Gasteiger partial charge in [-0.15, -0.1) is 13.2 Å². The molecule has 0 spiro atoms. The average molecular weight is 324 g/mol. The lowest BCUT2D eigenvalue weighted by atomic mass is 10.1. The van der Waals surface area contributed by atoms with Gasteiger partial charge in [-0.2, -0.15) is 10.2 Å². The van der Waals surface area contributed by atoms with Crippen molar-refractivity contribution in [3.8, 4) is 5.75 Å². The van der Waals surface area contributed by atoms with Gasteiger partial charge in [-0.3, -0.25) is 0 Å². The fraction of sp³-hybridized carbons (Fsp3) is 0.125. The van der Waals surface area contributed by atoms with E-state index in [0.29, 0.717) is 11.1 Å². The van der Waals surface area contributed by atoms with Crippen LogP contribution in [0.15, 0.2) is 52.7 Å².